The number of aromatic amines is 1. The van der Waals surface area contributed by atoms with Crippen molar-refractivity contribution >= 4 is 23.0 Å². The van der Waals surface area contributed by atoms with E-state index in [1.54, 1.807) is 28.2 Å². The molecule has 1 aliphatic carbocycles. The van der Waals surface area contributed by atoms with Gasteiger partial charge in [0.25, 0.3) is 5.91 Å². The number of likely N-dealkylation sites (tertiary alicyclic amines) is 1. The molecule has 1 aliphatic heterocycles. The number of fused-ring (bicyclic) bond motifs is 1. The lowest BCUT2D eigenvalue weighted by atomic mass is 9.99. The number of aryl methyl sites for hydroxylation is 1. The largest absolute Gasteiger partial charge is 0.344 e. The second-order valence-corrected chi connectivity index (χ2v) is 7.92. The lowest BCUT2D eigenvalue weighted by molar-refractivity contribution is -0.138. The van der Waals surface area contributed by atoms with Gasteiger partial charge >= 0.3 is 0 Å². The van der Waals surface area contributed by atoms with E-state index in [9.17, 15) is 9.59 Å². The molecule has 4 heterocycles. The average Bonchev–Trinajstić information content (AvgIpc) is 3.31. The summed E-state index contributed by atoms with van der Waals surface area (Å²) in [6.45, 7) is 0.864. The van der Waals surface area contributed by atoms with Crippen molar-refractivity contribution in [3.05, 3.63) is 30.4 Å². The van der Waals surface area contributed by atoms with Gasteiger partial charge in [-0.3, -0.25) is 14.3 Å². The number of nitriles is 1. The number of hydrogen-bond acceptors (Lipinski definition) is 6. The van der Waals surface area contributed by atoms with Gasteiger partial charge in [-0.05, 0) is 18.8 Å². The van der Waals surface area contributed by atoms with Crippen molar-refractivity contribution in [1.29, 1.82) is 5.26 Å². The Labute approximate surface area is 171 Å². The second kappa shape index (κ2) is 6.95. The fourth-order valence-corrected chi connectivity index (χ4v) is 3.72. The SMILES string of the molecule is Cn1cc(-c2cnc3[nH]cc(C(=O)N[C@@H](C(=O)N4CC(C#N)C4)C4CC4)c3n2)cn1. The Balaban J connectivity index is 1.38. The number of rotatable bonds is 5. The van der Waals surface area contributed by atoms with Gasteiger partial charge in [-0.25, -0.2) is 9.97 Å². The Bertz CT molecular complexity index is 1180. The second-order valence-electron chi connectivity index (χ2n) is 7.92. The van der Waals surface area contributed by atoms with E-state index in [2.05, 4.69) is 31.4 Å². The highest BCUT2D eigenvalue weighted by Crippen LogP contribution is 2.34. The third-order valence-corrected chi connectivity index (χ3v) is 5.65. The van der Waals surface area contributed by atoms with Crippen LogP contribution in [-0.2, 0) is 11.8 Å². The van der Waals surface area contributed by atoms with E-state index in [1.807, 2.05) is 13.2 Å². The van der Waals surface area contributed by atoms with Crippen LogP contribution in [0.25, 0.3) is 22.4 Å². The van der Waals surface area contributed by atoms with Gasteiger partial charge in [0.1, 0.15) is 11.6 Å². The van der Waals surface area contributed by atoms with Gasteiger partial charge < -0.3 is 15.2 Å². The van der Waals surface area contributed by atoms with Crippen LogP contribution < -0.4 is 5.32 Å². The van der Waals surface area contributed by atoms with Gasteiger partial charge in [-0.1, -0.05) is 0 Å². The summed E-state index contributed by atoms with van der Waals surface area (Å²) in [6, 6.07) is 1.59. The van der Waals surface area contributed by atoms with Crippen molar-refractivity contribution in [3.8, 4) is 17.3 Å². The maximum atomic E-state index is 13.0. The van der Waals surface area contributed by atoms with E-state index in [0.29, 0.717) is 35.5 Å². The quantitative estimate of drug-likeness (QED) is 0.648. The smallest absolute Gasteiger partial charge is 0.255 e. The molecule has 2 amide bonds. The van der Waals surface area contributed by atoms with Gasteiger partial charge in [0.15, 0.2) is 5.65 Å². The summed E-state index contributed by atoms with van der Waals surface area (Å²) in [6.07, 6.45) is 8.52. The van der Waals surface area contributed by atoms with E-state index in [0.717, 1.165) is 18.4 Å². The van der Waals surface area contributed by atoms with Crippen molar-refractivity contribution in [1.82, 2.24) is 34.9 Å². The zero-order valence-corrected chi connectivity index (χ0v) is 16.4. The molecule has 3 aromatic rings. The van der Waals surface area contributed by atoms with E-state index < -0.39 is 6.04 Å². The normalized spacial score (nSPS) is 17.4. The van der Waals surface area contributed by atoms with E-state index in [1.165, 1.54) is 0 Å². The minimum Gasteiger partial charge on any atom is -0.344 e. The molecule has 0 unspecified atom stereocenters. The first-order valence-corrected chi connectivity index (χ1v) is 9.86. The molecular formula is C20H20N8O2. The molecule has 10 nitrogen and oxygen atoms in total. The molecule has 152 valence electrons. The lowest BCUT2D eigenvalue weighted by Crippen LogP contribution is -2.57. The van der Waals surface area contributed by atoms with Crippen LogP contribution in [0, 0.1) is 23.2 Å². The molecule has 3 aromatic heterocycles. The van der Waals surface area contributed by atoms with Gasteiger partial charge in [-0.15, -0.1) is 0 Å². The molecule has 0 aromatic carbocycles. The summed E-state index contributed by atoms with van der Waals surface area (Å²) < 4.78 is 1.67. The third kappa shape index (κ3) is 3.18. The van der Waals surface area contributed by atoms with E-state index >= 15 is 0 Å². The Morgan fingerprint density at radius 3 is 2.80 bits per heavy atom. The zero-order chi connectivity index (χ0) is 20.8. The van der Waals surface area contributed by atoms with Crippen molar-refractivity contribution in [2.75, 3.05) is 13.1 Å². The lowest BCUT2D eigenvalue weighted by Gasteiger charge is -2.37. The van der Waals surface area contributed by atoms with Crippen molar-refractivity contribution in [2.24, 2.45) is 18.9 Å². The van der Waals surface area contributed by atoms with Crippen LogP contribution in [0.1, 0.15) is 23.2 Å². The third-order valence-electron chi connectivity index (χ3n) is 5.65. The number of aromatic nitrogens is 5. The minimum atomic E-state index is -0.573. The Morgan fingerprint density at radius 2 is 2.13 bits per heavy atom. The zero-order valence-electron chi connectivity index (χ0n) is 16.4. The molecular weight excluding hydrogens is 384 g/mol. The van der Waals surface area contributed by atoms with Crippen LogP contribution >= 0.6 is 0 Å². The highest BCUT2D eigenvalue weighted by Gasteiger charge is 2.42. The number of H-pyrrole nitrogens is 1. The molecule has 30 heavy (non-hydrogen) atoms. The summed E-state index contributed by atoms with van der Waals surface area (Å²) in [5.41, 5.74) is 2.71. The highest BCUT2D eigenvalue weighted by molar-refractivity contribution is 6.06. The van der Waals surface area contributed by atoms with Crippen molar-refractivity contribution in [2.45, 2.75) is 18.9 Å². The van der Waals surface area contributed by atoms with Crippen LogP contribution in [0.4, 0.5) is 0 Å². The van der Waals surface area contributed by atoms with Gasteiger partial charge in [0.05, 0.1) is 35.6 Å². The van der Waals surface area contributed by atoms with Crippen molar-refractivity contribution in [3.63, 3.8) is 0 Å². The Morgan fingerprint density at radius 1 is 1.33 bits per heavy atom. The van der Waals surface area contributed by atoms with Crippen LogP contribution in [0.15, 0.2) is 24.8 Å². The highest BCUT2D eigenvalue weighted by atomic mass is 16.2. The van der Waals surface area contributed by atoms with Crippen molar-refractivity contribution < 1.29 is 9.59 Å². The first-order chi connectivity index (χ1) is 14.5. The minimum absolute atomic E-state index is 0.112. The maximum Gasteiger partial charge on any atom is 0.255 e. The number of carbonyl (C=O) groups is 2. The fraction of sp³-hybridized carbons (Fsp3) is 0.400. The standard InChI is InChI=1S/C20H20N8O2/c1-27-10-13(5-24-27)15-7-23-18-17(25-15)14(6-22-18)19(29)26-16(12-2-3-12)20(30)28-8-11(4-21)9-28/h5-7,10-12,16H,2-3,8-9H2,1H3,(H,22,23)(H,26,29)/t16-/m1/s1. The van der Waals surface area contributed by atoms with E-state index in [-0.39, 0.29) is 23.7 Å². The van der Waals surface area contributed by atoms with Crippen LogP contribution in [0.2, 0.25) is 0 Å². The first kappa shape index (κ1) is 18.3. The molecule has 2 aliphatic rings. The van der Waals surface area contributed by atoms with Gasteiger partial charge in [0, 0.05) is 38.1 Å². The molecule has 1 saturated heterocycles. The molecule has 2 N–H and O–H groups in total. The number of nitrogens with zero attached hydrogens (tertiary/aromatic N) is 6. The monoisotopic (exact) mass is 404 g/mol. The summed E-state index contributed by atoms with van der Waals surface area (Å²) in [4.78, 5) is 39.4. The molecule has 1 saturated carbocycles. The summed E-state index contributed by atoms with van der Waals surface area (Å²) in [5, 5.41) is 16.0. The van der Waals surface area contributed by atoms with Gasteiger partial charge in [-0.2, -0.15) is 10.4 Å². The number of amides is 2. The number of hydrogen-bond donors (Lipinski definition) is 2. The van der Waals surface area contributed by atoms with Crippen LogP contribution in [-0.4, -0.2) is 60.6 Å². The number of nitrogens with one attached hydrogen (secondary N) is 2. The molecule has 0 spiro atoms. The molecule has 10 heteroatoms. The summed E-state index contributed by atoms with van der Waals surface area (Å²) in [7, 11) is 1.82. The summed E-state index contributed by atoms with van der Waals surface area (Å²) in [5.74, 6) is -0.440. The van der Waals surface area contributed by atoms with Crippen LogP contribution in [0.3, 0.4) is 0 Å². The van der Waals surface area contributed by atoms with Gasteiger partial charge in [0.2, 0.25) is 5.91 Å². The molecule has 1 atom stereocenters. The Kier molecular flexibility index (Phi) is 4.24. The number of carbonyl (C=O) groups excluding carboxylic acids is 2. The summed E-state index contributed by atoms with van der Waals surface area (Å²) >= 11 is 0. The molecule has 0 bridgehead atoms. The van der Waals surface area contributed by atoms with Crippen LogP contribution in [0.5, 0.6) is 0 Å². The molecule has 0 radical (unpaired) electrons. The molecule has 2 fully saturated rings. The van der Waals surface area contributed by atoms with E-state index in [4.69, 9.17) is 5.26 Å². The predicted octanol–water partition coefficient (Wildman–Crippen LogP) is 0.849. The predicted molar refractivity (Wildman–Crippen MR) is 106 cm³/mol. The average molecular weight is 404 g/mol. The topological polar surface area (TPSA) is 133 Å². The Hall–Kier alpha value is -3.74. The molecule has 5 rings (SSSR count). The maximum absolute atomic E-state index is 13.0. The fourth-order valence-electron chi connectivity index (χ4n) is 3.72. The first-order valence-electron chi connectivity index (χ1n) is 9.86.